The van der Waals surface area contributed by atoms with Crippen LogP contribution in [0.3, 0.4) is 0 Å². The fourth-order valence-corrected chi connectivity index (χ4v) is 2.16. The molecule has 0 radical (unpaired) electrons. The van der Waals surface area contributed by atoms with E-state index >= 15 is 0 Å². The minimum Gasteiger partial charge on any atom is -0.466 e. The molecule has 2 rings (SSSR count). The average molecular weight is 298 g/mol. The second-order valence-corrected chi connectivity index (χ2v) is 4.53. The summed E-state index contributed by atoms with van der Waals surface area (Å²) >= 11 is 3.44. The van der Waals surface area contributed by atoms with Crippen LogP contribution in [-0.4, -0.2) is 6.54 Å². The summed E-state index contributed by atoms with van der Waals surface area (Å²) in [4.78, 5) is 0. The Morgan fingerprint density at radius 1 is 1.29 bits per heavy atom. The van der Waals surface area contributed by atoms with Crippen molar-refractivity contribution < 1.29 is 8.81 Å². The average Bonchev–Trinajstić information content (AvgIpc) is 2.74. The summed E-state index contributed by atoms with van der Waals surface area (Å²) in [5.74, 6) is 0.570. The van der Waals surface area contributed by atoms with Crippen molar-refractivity contribution >= 4 is 15.9 Å². The SMILES string of the molecule is CCNC(c1ccc(F)cc1)c1occc1Br. The third kappa shape index (κ3) is 2.76. The van der Waals surface area contributed by atoms with E-state index in [9.17, 15) is 4.39 Å². The number of hydrogen-bond acceptors (Lipinski definition) is 2. The van der Waals surface area contributed by atoms with E-state index in [1.54, 1.807) is 18.4 Å². The van der Waals surface area contributed by atoms with E-state index < -0.39 is 0 Å². The molecule has 0 spiro atoms. The highest BCUT2D eigenvalue weighted by Gasteiger charge is 2.18. The van der Waals surface area contributed by atoms with Crippen LogP contribution in [0.5, 0.6) is 0 Å². The van der Waals surface area contributed by atoms with Gasteiger partial charge < -0.3 is 9.73 Å². The van der Waals surface area contributed by atoms with Gasteiger partial charge in [0.05, 0.1) is 16.8 Å². The van der Waals surface area contributed by atoms with Crippen LogP contribution >= 0.6 is 15.9 Å². The Labute approximate surface area is 108 Å². The van der Waals surface area contributed by atoms with E-state index in [0.717, 1.165) is 22.3 Å². The first-order chi connectivity index (χ1) is 8.22. The van der Waals surface area contributed by atoms with Crippen molar-refractivity contribution in [2.45, 2.75) is 13.0 Å². The van der Waals surface area contributed by atoms with Gasteiger partial charge in [-0.1, -0.05) is 19.1 Å². The highest BCUT2D eigenvalue weighted by atomic mass is 79.9. The van der Waals surface area contributed by atoms with Crippen molar-refractivity contribution in [3.63, 3.8) is 0 Å². The summed E-state index contributed by atoms with van der Waals surface area (Å²) in [7, 11) is 0. The molecular weight excluding hydrogens is 285 g/mol. The van der Waals surface area contributed by atoms with Crippen LogP contribution in [0.2, 0.25) is 0 Å². The first-order valence-corrected chi connectivity index (χ1v) is 6.23. The highest BCUT2D eigenvalue weighted by molar-refractivity contribution is 9.10. The maximum atomic E-state index is 12.9. The summed E-state index contributed by atoms with van der Waals surface area (Å²) < 4.78 is 19.3. The molecule has 17 heavy (non-hydrogen) atoms. The molecule has 2 nitrogen and oxygen atoms in total. The standard InChI is InChI=1S/C13H13BrFNO/c1-2-16-12(13-11(14)7-8-17-13)9-3-5-10(15)6-4-9/h3-8,12,16H,2H2,1H3. The van der Waals surface area contributed by atoms with E-state index in [1.165, 1.54) is 12.1 Å². The zero-order chi connectivity index (χ0) is 12.3. The molecule has 0 saturated carbocycles. The lowest BCUT2D eigenvalue weighted by atomic mass is 10.0. The molecule has 0 aliphatic carbocycles. The Hall–Kier alpha value is -1.13. The van der Waals surface area contributed by atoms with Crippen LogP contribution in [0.15, 0.2) is 45.5 Å². The van der Waals surface area contributed by atoms with Crippen LogP contribution in [-0.2, 0) is 0 Å². The Morgan fingerprint density at radius 2 is 2.00 bits per heavy atom. The molecule has 0 aliphatic heterocycles. The van der Waals surface area contributed by atoms with Gasteiger partial charge in [-0.25, -0.2) is 4.39 Å². The maximum absolute atomic E-state index is 12.9. The number of rotatable bonds is 4. The third-order valence-electron chi connectivity index (χ3n) is 2.52. The minimum atomic E-state index is -0.234. The quantitative estimate of drug-likeness (QED) is 0.926. The van der Waals surface area contributed by atoms with E-state index in [-0.39, 0.29) is 11.9 Å². The summed E-state index contributed by atoms with van der Waals surface area (Å²) in [6.07, 6.45) is 1.63. The second-order valence-electron chi connectivity index (χ2n) is 3.68. The lowest BCUT2D eigenvalue weighted by Crippen LogP contribution is -2.21. The van der Waals surface area contributed by atoms with Gasteiger partial charge in [0.2, 0.25) is 0 Å². The van der Waals surface area contributed by atoms with Gasteiger partial charge in [-0.2, -0.15) is 0 Å². The van der Waals surface area contributed by atoms with Crippen molar-refractivity contribution in [3.8, 4) is 0 Å². The molecule has 1 N–H and O–H groups in total. The zero-order valence-corrected chi connectivity index (χ0v) is 11.0. The monoisotopic (exact) mass is 297 g/mol. The normalized spacial score (nSPS) is 12.6. The van der Waals surface area contributed by atoms with E-state index in [1.807, 2.05) is 13.0 Å². The molecular formula is C13H13BrFNO. The lowest BCUT2D eigenvalue weighted by Gasteiger charge is -2.16. The van der Waals surface area contributed by atoms with Gasteiger partial charge in [0.25, 0.3) is 0 Å². The van der Waals surface area contributed by atoms with Crippen LogP contribution in [0.4, 0.5) is 4.39 Å². The number of halogens is 2. The van der Waals surface area contributed by atoms with E-state index in [0.29, 0.717) is 0 Å². The molecule has 1 unspecified atom stereocenters. The van der Waals surface area contributed by atoms with Crippen molar-refractivity contribution in [2.75, 3.05) is 6.54 Å². The predicted molar refractivity (Wildman–Crippen MR) is 68.3 cm³/mol. The Morgan fingerprint density at radius 3 is 2.53 bits per heavy atom. The molecule has 1 atom stereocenters. The highest BCUT2D eigenvalue weighted by Crippen LogP contribution is 2.29. The molecule has 0 fully saturated rings. The molecule has 1 aromatic carbocycles. The molecule has 0 saturated heterocycles. The van der Waals surface area contributed by atoms with Crippen molar-refractivity contribution in [1.82, 2.24) is 5.32 Å². The van der Waals surface area contributed by atoms with Crippen molar-refractivity contribution in [3.05, 3.63) is 58.2 Å². The first-order valence-electron chi connectivity index (χ1n) is 5.44. The van der Waals surface area contributed by atoms with Crippen LogP contribution < -0.4 is 5.32 Å². The molecule has 90 valence electrons. The second kappa shape index (κ2) is 5.47. The van der Waals surface area contributed by atoms with Crippen LogP contribution in [0.1, 0.15) is 24.3 Å². The van der Waals surface area contributed by atoms with Crippen LogP contribution in [0.25, 0.3) is 0 Å². The largest absolute Gasteiger partial charge is 0.466 e. The van der Waals surface area contributed by atoms with Gasteiger partial charge >= 0.3 is 0 Å². The summed E-state index contributed by atoms with van der Waals surface area (Å²) in [5, 5.41) is 3.32. The van der Waals surface area contributed by atoms with Gasteiger partial charge in [0.1, 0.15) is 11.6 Å². The maximum Gasteiger partial charge on any atom is 0.139 e. The number of nitrogens with one attached hydrogen (secondary N) is 1. The van der Waals surface area contributed by atoms with Gasteiger partial charge in [0.15, 0.2) is 0 Å². The Bertz CT molecular complexity index is 480. The topological polar surface area (TPSA) is 25.2 Å². The third-order valence-corrected chi connectivity index (χ3v) is 3.17. The summed E-state index contributed by atoms with van der Waals surface area (Å²) in [6.45, 7) is 2.82. The molecule has 0 bridgehead atoms. The number of hydrogen-bond donors (Lipinski definition) is 1. The molecule has 4 heteroatoms. The fourth-order valence-electron chi connectivity index (χ4n) is 1.73. The van der Waals surface area contributed by atoms with Gasteiger partial charge in [-0.15, -0.1) is 0 Å². The molecule has 1 heterocycles. The predicted octanol–water partition coefficient (Wildman–Crippen LogP) is 3.88. The van der Waals surface area contributed by atoms with Crippen molar-refractivity contribution in [1.29, 1.82) is 0 Å². The van der Waals surface area contributed by atoms with E-state index in [4.69, 9.17) is 4.42 Å². The first kappa shape index (κ1) is 12.3. The van der Waals surface area contributed by atoms with Gasteiger partial charge in [-0.3, -0.25) is 0 Å². The molecule has 0 amide bonds. The number of benzene rings is 1. The fraction of sp³-hybridized carbons (Fsp3) is 0.231. The van der Waals surface area contributed by atoms with Crippen molar-refractivity contribution in [2.24, 2.45) is 0 Å². The van der Waals surface area contributed by atoms with Gasteiger partial charge in [-0.05, 0) is 46.2 Å². The Kier molecular flexibility index (Phi) is 3.97. The lowest BCUT2D eigenvalue weighted by molar-refractivity contribution is 0.449. The smallest absolute Gasteiger partial charge is 0.139 e. The molecule has 0 aliphatic rings. The van der Waals surface area contributed by atoms with E-state index in [2.05, 4.69) is 21.2 Å². The van der Waals surface area contributed by atoms with Gasteiger partial charge in [0, 0.05) is 0 Å². The summed E-state index contributed by atoms with van der Waals surface area (Å²) in [5.41, 5.74) is 0.976. The minimum absolute atomic E-state index is 0.0648. The molecule has 1 aromatic heterocycles. The van der Waals surface area contributed by atoms with Crippen LogP contribution in [0, 0.1) is 5.82 Å². The number of furan rings is 1. The zero-order valence-electron chi connectivity index (χ0n) is 9.41. The summed E-state index contributed by atoms with van der Waals surface area (Å²) in [6, 6.07) is 8.22. The Balaban J connectivity index is 2.35. The molecule has 2 aromatic rings.